The minimum absolute atomic E-state index is 0.138. The Morgan fingerprint density at radius 1 is 1.52 bits per heavy atom. The van der Waals surface area contributed by atoms with Crippen molar-refractivity contribution in [1.29, 1.82) is 0 Å². The number of amides is 1. The van der Waals surface area contributed by atoms with Crippen molar-refractivity contribution in [3.63, 3.8) is 0 Å². The first-order valence-corrected chi connectivity index (χ1v) is 10.9. The third-order valence-electron chi connectivity index (χ3n) is 4.32. The van der Waals surface area contributed by atoms with Gasteiger partial charge in [-0.05, 0) is 18.9 Å². The minimum atomic E-state index is -3.67. The van der Waals surface area contributed by atoms with Crippen LogP contribution in [0, 0.1) is 12.8 Å². The van der Waals surface area contributed by atoms with E-state index in [9.17, 15) is 13.2 Å². The summed E-state index contributed by atoms with van der Waals surface area (Å²) in [5.74, 6) is 0.281. The van der Waals surface area contributed by atoms with E-state index in [0.717, 1.165) is 11.3 Å². The lowest BCUT2D eigenvalue weighted by Crippen LogP contribution is -2.45. The van der Waals surface area contributed by atoms with Gasteiger partial charge in [-0.2, -0.15) is 9.29 Å². The zero-order valence-electron chi connectivity index (χ0n) is 15.2. The fourth-order valence-electron chi connectivity index (χ4n) is 2.91. The molecule has 0 saturated carbocycles. The first kappa shape index (κ1) is 19.9. The van der Waals surface area contributed by atoms with Crippen LogP contribution >= 0.6 is 11.3 Å². The highest BCUT2D eigenvalue weighted by molar-refractivity contribution is 7.91. The summed E-state index contributed by atoms with van der Waals surface area (Å²) in [6.07, 6.45) is 1.31. The van der Waals surface area contributed by atoms with Crippen LogP contribution in [0.25, 0.3) is 11.4 Å². The van der Waals surface area contributed by atoms with Gasteiger partial charge in [-0.3, -0.25) is 4.79 Å². The molecule has 0 unspecified atom stereocenters. The second-order valence-corrected chi connectivity index (χ2v) is 9.35. The number of carbonyl (C=O) groups is 1. The van der Waals surface area contributed by atoms with Crippen LogP contribution in [0.15, 0.2) is 20.2 Å². The van der Waals surface area contributed by atoms with Crippen LogP contribution in [0.3, 0.4) is 0 Å². The van der Waals surface area contributed by atoms with E-state index >= 15 is 0 Å². The molecule has 1 atom stereocenters. The molecule has 2 aromatic heterocycles. The molecule has 11 heteroatoms. The maximum atomic E-state index is 13.0. The summed E-state index contributed by atoms with van der Waals surface area (Å²) in [6.45, 7) is 3.09. The van der Waals surface area contributed by atoms with Gasteiger partial charge in [0.1, 0.15) is 4.21 Å². The lowest BCUT2D eigenvalue weighted by atomic mass is 9.99. The number of sulfonamides is 1. The van der Waals surface area contributed by atoms with E-state index in [1.807, 2.05) is 0 Å². The number of rotatable bonds is 7. The van der Waals surface area contributed by atoms with E-state index in [4.69, 9.17) is 9.26 Å². The molecule has 9 nitrogen and oxygen atoms in total. The molecule has 1 aliphatic rings. The Morgan fingerprint density at radius 3 is 3.04 bits per heavy atom. The van der Waals surface area contributed by atoms with Crippen molar-refractivity contribution in [1.82, 2.24) is 19.8 Å². The number of carbonyl (C=O) groups excluding carboxylic acids is 1. The predicted molar refractivity (Wildman–Crippen MR) is 98.7 cm³/mol. The van der Waals surface area contributed by atoms with Crippen LogP contribution in [-0.2, 0) is 19.6 Å². The predicted octanol–water partition coefficient (Wildman–Crippen LogP) is 1.27. The molecule has 0 aliphatic carbocycles. The van der Waals surface area contributed by atoms with Gasteiger partial charge in [0.15, 0.2) is 0 Å². The van der Waals surface area contributed by atoms with Crippen molar-refractivity contribution in [2.24, 2.45) is 5.92 Å². The van der Waals surface area contributed by atoms with Crippen molar-refractivity contribution in [3.8, 4) is 11.4 Å². The van der Waals surface area contributed by atoms with Crippen molar-refractivity contribution < 1.29 is 22.5 Å². The number of ether oxygens (including phenoxy) is 1. The Balaban J connectivity index is 1.71. The van der Waals surface area contributed by atoms with Gasteiger partial charge >= 0.3 is 0 Å². The van der Waals surface area contributed by atoms with Gasteiger partial charge in [0.05, 0.1) is 12.5 Å². The molecule has 1 N–H and O–H groups in total. The van der Waals surface area contributed by atoms with E-state index in [0.29, 0.717) is 49.8 Å². The number of nitrogens with one attached hydrogen (secondary N) is 1. The number of hydrogen-bond donors (Lipinski definition) is 1. The molecule has 1 amide bonds. The van der Waals surface area contributed by atoms with Gasteiger partial charge in [-0.15, -0.1) is 11.3 Å². The summed E-state index contributed by atoms with van der Waals surface area (Å²) in [6, 6.07) is 1.55. The van der Waals surface area contributed by atoms with Crippen LogP contribution in [0.2, 0.25) is 0 Å². The third-order valence-corrected chi connectivity index (χ3v) is 7.60. The van der Waals surface area contributed by atoms with Gasteiger partial charge in [0, 0.05) is 44.6 Å². The second kappa shape index (κ2) is 8.46. The van der Waals surface area contributed by atoms with Gasteiger partial charge in [0.2, 0.25) is 17.6 Å². The zero-order valence-corrected chi connectivity index (χ0v) is 16.8. The summed E-state index contributed by atoms with van der Waals surface area (Å²) >= 11 is 1.11. The maximum Gasteiger partial charge on any atom is 0.252 e. The highest BCUT2D eigenvalue weighted by Gasteiger charge is 2.34. The van der Waals surface area contributed by atoms with Gasteiger partial charge in [0.25, 0.3) is 10.0 Å². The Morgan fingerprint density at radius 2 is 2.33 bits per heavy atom. The molecule has 27 heavy (non-hydrogen) atoms. The van der Waals surface area contributed by atoms with Crippen molar-refractivity contribution in [2.45, 2.75) is 24.0 Å². The highest BCUT2D eigenvalue weighted by Crippen LogP contribution is 2.31. The molecule has 2 aromatic rings. The van der Waals surface area contributed by atoms with Crippen LogP contribution in [-0.4, -0.2) is 62.1 Å². The fourth-order valence-corrected chi connectivity index (χ4v) is 5.74. The molecule has 1 fully saturated rings. The molecule has 3 heterocycles. The molecular weight excluding hydrogens is 392 g/mol. The first-order valence-electron chi connectivity index (χ1n) is 8.58. The van der Waals surface area contributed by atoms with Crippen molar-refractivity contribution in [3.05, 3.63) is 17.3 Å². The Kier molecular flexibility index (Phi) is 6.25. The average Bonchev–Trinajstić information content (AvgIpc) is 3.31. The summed E-state index contributed by atoms with van der Waals surface area (Å²) in [5.41, 5.74) is 0.598. The second-order valence-electron chi connectivity index (χ2n) is 6.28. The summed E-state index contributed by atoms with van der Waals surface area (Å²) in [5, 5.41) is 8.29. The van der Waals surface area contributed by atoms with Crippen LogP contribution < -0.4 is 5.32 Å². The average molecular weight is 415 g/mol. The quantitative estimate of drug-likeness (QED) is 0.679. The van der Waals surface area contributed by atoms with Crippen LogP contribution in [0.4, 0.5) is 0 Å². The van der Waals surface area contributed by atoms with Crippen molar-refractivity contribution in [2.75, 3.05) is 33.4 Å². The highest BCUT2D eigenvalue weighted by atomic mass is 32.2. The smallest absolute Gasteiger partial charge is 0.252 e. The Hall–Kier alpha value is -1.82. The molecule has 0 aromatic carbocycles. The molecular formula is C16H22N4O5S2. The number of nitrogens with zero attached hydrogens (tertiary/aromatic N) is 3. The van der Waals surface area contributed by atoms with Gasteiger partial charge in [-0.1, -0.05) is 5.16 Å². The SMILES string of the molecule is COCCNC(=O)[C@H]1CCCN(S(=O)(=O)c2cc(-c3noc(C)n3)cs2)C1. The normalized spacial score (nSPS) is 18.5. The van der Waals surface area contributed by atoms with E-state index in [-0.39, 0.29) is 22.6 Å². The van der Waals surface area contributed by atoms with Crippen molar-refractivity contribution >= 4 is 27.3 Å². The third kappa shape index (κ3) is 4.54. The molecule has 0 bridgehead atoms. The number of piperidine rings is 1. The number of thiophene rings is 1. The Labute approximate surface area is 161 Å². The molecule has 3 rings (SSSR count). The minimum Gasteiger partial charge on any atom is -0.383 e. The van der Waals surface area contributed by atoms with E-state index in [1.165, 1.54) is 4.31 Å². The number of aryl methyl sites for hydroxylation is 1. The van der Waals surface area contributed by atoms with E-state index in [1.54, 1.807) is 25.5 Å². The largest absolute Gasteiger partial charge is 0.383 e. The fraction of sp³-hybridized carbons (Fsp3) is 0.562. The maximum absolute atomic E-state index is 13.0. The summed E-state index contributed by atoms with van der Waals surface area (Å²) in [7, 11) is -2.11. The monoisotopic (exact) mass is 414 g/mol. The summed E-state index contributed by atoms with van der Waals surface area (Å²) < 4.78 is 37.4. The number of aromatic nitrogens is 2. The molecule has 1 aliphatic heterocycles. The van der Waals surface area contributed by atoms with Crippen LogP contribution in [0.5, 0.6) is 0 Å². The van der Waals surface area contributed by atoms with Gasteiger partial charge < -0.3 is 14.6 Å². The topological polar surface area (TPSA) is 115 Å². The van der Waals surface area contributed by atoms with E-state index in [2.05, 4.69) is 15.5 Å². The first-order chi connectivity index (χ1) is 12.9. The number of methoxy groups -OCH3 is 1. The molecule has 148 valence electrons. The van der Waals surface area contributed by atoms with E-state index < -0.39 is 10.0 Å². The number of hydrogen-bond acceptors (Lipinski definition) is 8. The summed E-state index contributed by atoms with van der Waals surface area (Å²) in [4.78, 5) is 16.4. The Bertz CT molecular complexity index is 892. The van der Waals surface area contributed by atoms with Gasteiger partial charge in [-0.25, -0.2) is 8.42 Å². The molecule has 0 spiro atoms. The molecule has 0 radical (unpaired) electrons. The molecule has 1 saturated heterocycles. The zero-order chi connectivity index (χ0) is 19.4. The lowest BCUT2D eigenvalue weighted by molar-refractivity contribution is -0.126. The standard InChI is InChI=1S/C16H22N4O5S2/c1-11-18-15(19-25-11)13-8-14(26-10-13)27(22,23)20-6-3-4-12(9-20)16(21)17-5-7-24-2/h8,10,12H,3-7,9H2,1-2H3,(H,17,21)/t12-/m0/s1. The lowest BCUT2D eigenvalue weighted by Gasteiger charge is -2.30. The van der Waals surface area contributed by atoms with Crippen LogP contribution in [0.1, 0.15) is 18.7 Å².